The molecule has 1 fully saturated rings. The third-order valence-corrected chi connectivity index (χ3v) is 6.18. The topological polar surface area (TPSA) is 49.4 Å². The minimum absolute atomic E-state index is 0.0403. The second kappa shape index (κ2) is 9.04. The summed E-state index contributed by atoms with van der Waals surface area (Å²) >= 11 is 1.88. The van der Waals surface area contributed by atoms with Crippen LogP contribution in [0.3, 0.4) is 0 Å². The average Bonchev–Trinajstić information content (AvgIpc) is 2.69. The van der Waals surface area contributed by atoms with E-state index in [0.29, 0.717) is 17.7 Å². The quantitative estimate of drug-likeness (QED) is 0.797. The van der Waals surface area contributed by atoms with Crippen molar-refractivity contribution in [2.45, 2.75) is 39.5 Å². The zero-order valence-corrected chi connectivity index (χ0v) is 18.6. The molecular formula is C24H30N2O2S. The smallest absolute Gasteiger partial charge is 0.253 e. The fraction of sp³-hybridized carbons (Fsp3) is 0.417. The van der Waals surface area contributed by atoms with Gasteiger partial charge in [-0.1, -0.05) is 51.1 Å². The molecule has 5 heteroatoms. The van der Waals surface area contributed by atoms with Crippen LogP contribution in [0.5, 0.6) is 0 Å². The van der Waals surface area contributed by atoms with Gasteiger partial charge in [-0.2, -0.15) is 11.8 Å². The third-order valence-electron chi connectivity index (χ3n) is 5.24. The number of anilines is 1. The van der Waals surface area contributed by atoms with E-state index in [1.165, 1.54) is 5.56 Å². The van der Waals surface area contributed by atoms with Crippen molar-refractivity contribution in [3.63, 3.8) is 0 Å². The van der Waals surface area contributed by atoms with Crippen molar-refractivity contribution in [2.75, 3.05) is 29.9 Å². The van der Waals surface area contributed by atoms with Gasteiger partial charge in [-0.25, -0.2) is 0 Å². The van der Waals surface area contributed by atoms with Crippen LogP contribution in [0.4, 0.5) is 5.69 Å². The molecule has 1 heterocycles. The van der Waals surface area contributed by atoms with Crippen molar-refractivity contribution in [3.05, 3.63) is 64.7 Å². The van der Waals surface area contributed by atoms with E-state index in [4.69, 9.17) is 0 Å². The van der Waals surface area contributed by atoms with Gasteiger partial charge in [-0.05, 0) is 41.2 Å². The lowest BCUT2D eigenvalue weighted by atomic mass is 9.86. The van der Waals surface area contributed by atoms with E-state index in [2.05, 4.69) is 38.2 Å². The van der Waals surface area contributed by atoms with Crippen molar-refractivity contribution in [3.8, 4) is 0 Å². The maximum Gasteiger partial charge on any atom is 0.253 e. The predicted octanol–water partition coefficient (Wildman–Crippen LogP) is 4.66. The highest BCUT2D eigenvalue weighted by atomic mass is 32.2. The molecule has 154 valence electrons. The number of amides is 2. The molecular weight excluding hydrogens is 380 g/mol. The van der Waals surface area contributed by atoms with Crippen LogP contribution in [-0.2, 0) is 16.6 Å². The maximum absolute atomic E-state index is 12.8. The van der Waals surface area contributed by atoms with Gasteiger partial charge in [0.1, 0.15) is 0 Å². The Hall–Kier alpha value is -2.27. The Morgan fingerprint density at radius 3 is 2.31 bits per heavy atom. The molecule has 29 heavy (non-hydrogen) atoms. The number of hydrogen-bond donors (Lipinski definition) is 1. The Labute approximate surface area is 178 Å². The number of carbonyl (C=O) groups is 2. The zero-order valence-electron chi connectivity index (χ0n) is 17.7. The number of nitrogens with one attached hydrogen (secondary N) is 1. The standard InChI is InChI=1S/C24H30N2O2S/c1-17-5-8-19(23(28)26-11-13-29-14-12-26)16-21(17)25-22(27)15-18-6-9-20(10-7-18)24(2,3)4/h5-10,16H,11-15H2,1-4H3,(H,25,27). The van der Waals surface area contributed by atoms with Crippen molar-refractivity contribution >= 4 is 29.3 Å². The van der Waals surface area contributed by atoms with E-state index in [9.17, 15) is 9.59 Å². The monoisotopic (exact) mass is 410 g/mol. The van der Waals surface area contributed by atoms with Crippen molar-refractivity contribution in [2.24, 2.45) is 0 Å². The van der Waals surface area contributed by atoms with E-state index in [1.807, 2.05) is 47.9 Å². The maximum atomic E-state index is 12.8. The lowest BCUT2D eigenvalue weighted by Gasteiger charge is -2.26. The number of carbonyl (C=O) groups excluding carboxylic acids is 2. The van der Waals surface area contributed by atoms with E-state index in [1.54, 1.807) is 6.07 Å². The first-order chi connectivity index (χ1) is 13.7. The first-order valence-electron chi connectivity index (χ1n) is 10.1. The summed E-state index contributed by atoms with van der Waals surface area (Å²) in [6, 6.07) is 13.8. The summed E-state index contributed by atoms with van der Waals surface area (Å²) in [6.07, 6.45) is 0.311. The molecule has 1 aliphatic rings. The molecule has 2 amide bonds. The SMILES string of the molecule is Cc1ccc(C(=O)N2CCSCC2)cc1NC(=O)Cc1ccc(C(C)(C)C)cc1. The fourth-order valence-electron chi connectivity index (χ4n) is 3.34. The molecule has 1 aliphatic heterocycles. The molecule has 3 rings (SSSR count). The number of thioether (sulfide) groups is 1. The van der Waals surface area contributed by atoms with Gasteiger partial charge < -0.3 is 10.2 Å². The fourth-order valence-corrected chi connectivity index (χ4v) is 4.24. The third kappa shape index (κ3) is 5.63. The highest BCUT2D eigenvalue weighted by Gasteiger charge is 2.19. The normalized spacial score (nSPS) is 14.6. The number of rotatable bonds is 4. The van der Waals surface area contributed by atoms with Crippen molar-refractivity contribution in [1.29, 1.82) is 0 Å². The van der Waals surface area contributed by atoms with Crippen LogP contribution in [0.25, 0.3) is 0 Å². The number of nitrogens with zero attached hydrogens (tertiary/aromatic N) is 1. The van der Waals surface area contributed by atoms with Crippen LogP contribution in [-0.4, -0.2) is 41.3 Å². The first-order valence-corrected chi connectivity index (χ1v) is 11.3. The molecule has 0 saturated carbocycles. The summed E-state index contributed by atoms with van der Waals surface area (Å²) in [5.41, 5.74) is 4.61. The largest absolute Gasteiger partial charge is 0.337 e. The Balaban J connectivity index is 1.67. The summed E-state index contributed by atoms with van der Waals surface area (Å²) in [4.78, 5) is 27.2. The molecule has 2 aromatic rings. The Morgan fingerprint density at radius 2 is 1.69 bits per heavy atom. The molecule has 4 nitrogen and oxygen atoms in total. The molecule has 1 saturated heterocycles. The van der Waals surface area contributed by atoms with E-state index < -0.39 is 0 Å². The molecule has 0 radical (unpaired) electrons. The van der Waals surface area contributed by atoms with Gasteiger partial charge in [0, 0.05) is 35.8 Å². The van der Waals surface area contributed by atoms with Crippen molar-refractivity contribution in [1.82, 2.24) is 4.90 Å². The Bertz CT molecular complexity index is 879. The lowest BCUT2D eigenvalue weighted by molar-refractivity contribution is -0.115. The molecule has 0 aromatic heterocycles. The van der Waals surface area contributed by atoms with Gasteiger partial charge in [0.05, 0.1) is 6.42 Å². The first kappa shape index (κ1) is 21.4. The van der Waals surface area contributed by atoms with Gasteiger partial charge in [-0.3, -0.25) is 9.59 Å². The van der Waals surface area contributed by atoms with Crippen LogP contribution >= 0.6 is 11.8 Å². The minimum atomic E-state index is -0.0735. The Morgan fingerprint density at radius 1 is 1.03 bits per heavy atom. The molecule has 0 bridgehead atoms. The average molecular weight is 411 g/mol. The van der Waals surface area contributed by atoms with Crippen molar-refractivity contribution < 1.29 is 9.59 Å². The molecule has 0 unspecified atom stereocenters. The van der Waals surface area contributed by atoms with Crippen LogP contribution in [0, 0.1) is 6.92 Å². The summed E-state index contributed by atoms with van der Waals surface area (Å²) in [6.45, 7) is 10.0. The van der Waals surface area contributed by atoms with Crippen LogP contribution < -0.4 is 5.32 Å². The van der Waals surface area contributed by atoms with E-state index in [0.717, 1.165) is 35.7 Å². The van der Waals surface area contributed by atoms with Gasteiger partial charge >= 0.3 is 0 Å². The van der Waals surface area contributed by atoms with Crippen LogP contribution in [0.1, 0.15) is 47.8 Å². The molecule has 0 atom stereocenters. The van der Waals surface area contributed by atoms with Gasteiger partial charge in [0.2, 0.25) is 5.91 Å². The molecule has 0 aliphatic carbocycles. The molecule has 0 spiro atoms. The number of aryl methyl sites for hydroxylation is 1. The highest BCUT2D eigenvalue weighted by molar-refractivity contribution is 7.99. The van der Waals surface area contributed by atoms with Crippen LogP contribution in [0.2, 0.25) is 0 Å². The van der Waals surface area contributed by atoms with E-state index in [-0.39, 0.29) is 17.2 Å². The minimum Gasteiger partial charge on any atom is -0.337 e. The number of benzene rings is 2. The van der Waals surface area contributed by atoms with Gasteiger partial charge in [-0.15, -0.1) is 0 Å². The molecule has 2 aromatic carbocycles. The second-order valence-electron chi connectivity index (χ2n) is 8.61. The molecule has 1 N–H and O–H groups in total. The van der Waals surface area contributed by atoms with E-state index >= 15 is 0 Å². The summed E-state index contributed by atoms with van der Waals surface area (Å²) in [7, 11) is 0. The van der Waals surface area contributed by atoms with Gasteiger partial charge in [0.15, 0.2) is 0 Å². The lowest BCUT2D eigenvalue weighted by Crippen LogP contribution is -2.37. The zero-order chi connectivity index (χ0) is 21.0. The van der Waals surface area contributed by atoms with Crippen LogP contribution in [0.15, 0.2) is 42.5 Å². The second-order valence-corrected chi connectivity index (χ2v) is 9.83. The summed E-state index contributed by atoms with van der Waals surface area (Å²) in [5, 5.41) is 2.99. The summed E-state index contributed by atoms with van der Waals surface area (Å²) < 4.78 is 0. The highest BCUT2D eigenvalue weighted by Crippen LogP contribution is 2.23. The summed E-state index contributed by atoms with van der Waals surface area (Å²) in [5.74, 6) is 1.93. The Kier molecular flexibility index (Phi) is 6.68. The van der Waals surface area contributed by atoms with Gasteiger partial charge in [0.25, 0.3) is 5.91 Å². The number of hydrogen-bond acceptors (Lipinski definition) is 3. The predicted molar refractivity (Wildman–Crippen MR) is 122 cm³/mol.